The van der Waals surface area contributed by atoms with Gasteiger partial charge in [-0.05, 0) is 48.9 Å². The molecule has 12 heteroatoms. The van der Waals surface area contributed by atoms with Crippen LogP contribution in [0.2, 0.25) is 5.28 Å². The summed E-state index contributed by atoms with van der Waals surface area (Å²) < 4.78 is 28.2. The van der Waals surface area contributed by atoms with Gasteiger partial charge in [0.25, 0.3) is 17.5 Å². The van der Waals surface area contributed by atoms with Crippen LogP contribution in [0.1, 0.15) is 48.9 Å². The number of piperidine rings is 2. The number of nitrogens with one attached hydrogen (secondary N) is 2. The lowest BCUT2D eigenvalue weighted by atomic mass is 9.86. The summed E-state index contributed by atoms with van der Waals surface area (Å²) >= 11 is 5.79. The molecule has 194 valence electrons. The summed E-state index contributed by atoms with van der Waals surface area (Å²) in [7, 11) is 0. The first-order valence-corrected chi connectivity index (χ1v) is 12.5. The number of benzene rings is 1. The molecule has 0 radical (unpaired) electrons. The quantitative estimate of drug-likeness (QED) is 0.287. The number of hydrogen-bond acceptors (Lipinski definition) is 7. The molecule has 2 aromatic rings. The lowest BCUT2D eigenvalue weighted by Gasteiger charge is -2.35. The highest BCUT2D eigenvalue weighted by molar-refractivity contribution is 6.28. The minimum Gasteiger partial charge on any atom is -0.371 e. The zero-order valence-corrected chi connectivity index (χ0v) is 20.5. The van der Waals surface area contributed by atoms with Gasteiger partial charge < -0.3 is 15.5 Å². The number of carbonyl (C=O) groups excluding carboxylic acids is 1. The maximum Gasteiger partial charge on any atom is 0.271 e. The number of nitro benzene ring substituents is 1. The van der Waals surface area contributed by atoms with E-state index in [0.29, 0.717) is 49.8 Å². The SMILES string of the molecule is O=C(Nc1ccnc(Cl)n1)c1ccc([N+](=O)[O-])cc1N1CCC(CCCC2CNCCC2(F)F)CC1. The van der Waals surface area contributed by atoms with Gasteiger partial charge in [-0.3, -0.25) is 14.9 Å². The molecule has 2 N–H and O–H groups in total. The molecule has 4 rings (SSSR count). The molecular weight excluding hydrogens is 494 g/mol. The van der Waals surface area contributed by atoms with Gasteiger partial charge in [0.2, 0.25) is 5.28 Å². The minimum absolute atomic E-state index is 0.0118. The number of halogens is 3. The summed E-state index contributed by atoms with van der Waals surface area (Å²) in [5.41, 5.74) is 0.671. The number of aromatic nitrogens is 2. The second-order valence-corrected chi connectivity index (χ2v) is 9.74. The van der Waals surface area contributed by atoms with E-state index in [9.17, 15) is 23.7 Å². The van der Waals surface area contributed by atoms with Crippen LogP contribution in [0.25, 0.3) is 0 Å². The molecule has 0 aliphatic carbocycles. The number of nitrogens with zero attached hydrogens (tertiary/aromatic N) is 4. The normalized spacial score (nSPS) is 20.2. The molecular formula is C24H29ClF2N6O3. The Morgan fingerprint density at radius 1 is 1.28 bits per heavy atom. The molecule has 2 aliphatic rings. The fraction of sp³-hybridized carbons (Fsp3) is 0.542. The summed E-state index contributed by atoms with van der Waals surface area (Å²) in [6.45, 7) is 1.97. The highest BCUT2D eigenvalue weighted by Crippen LogP contribution is 2.36. The number of nitro groups is 1. The first kappa shape index (κ1) is 26.2. The fourth-order valence-corrected chi connectivity index (χ4v) is 5.14. The average Bonchev–Trinajstić information content (AvgIpc) is 2.85. The second kappa shape index (κ2) is 11.4. The number of rotatable bonds is 8. The number of anilines is 2. The first-order chi connectivity index (χ1) is 17.2. The van der Waals surface area contributed by atoms with Crippen molar-refractivity contribution < 1.29 is 18.5 Å². The molecule has 2 fully saturated rings. The molecule has 36 heavy (non-hydrogen) atoms. The van der Waals surface area contributed by atoms with Crippen molar-refractivity contribution in [3.8, 4) is 0 Å². The predicted octanol–water partition coefficient (Wildman–Crippen LogP) is 4.92. The number of hydrogen-bond donors (Lipinski definition) is 2. The smallest absolute Gasteiger partial charge is 0.271 e. The zero-order chi connectivity index (χ0) is 25.7. The van der Waals surface area contributed by atoms with Gasteiger partial charge in [-0.15, -0.1) is 0 Å². The minimum atomic E-state index is -2.59. The molecule has 3 heterocycles. The van der Waals surface area contributed by atoms with Crippen LogP contribution in [0.15, 0.2) is 30.5 Å². The predicted molar refractivity (Wildman–Crippen MR) is 133 cm³/mol. The van der Waals surface area contributed by atoms with Crippen LogP contribution in [-0.2, 0) is 0 Å². The third kappa shape index (κ3) is 6.44. The van der Waals surface area contributed by atoms with E-state index in [0.717, 1.165) is 25.7 Å². The molecule has 0 spiro atoms. The van der Waals surface area contributed by atoms with Crippen LogP contribution in [0, 0.1) is 22.0 Å². The van der Waals surface area contributed by atoms with Crippen molar-refractivity contribution in [2.24, 2.45) is 11.8 Å². The van der Waals surface area contributed by atoms with Gasteiger partial charge in [0.05, 0.1) is 16.2 Å². The van der Waals surface area contributed by atoms with E-state index in [1.54, 1.807) is 0 Å². The molecule has 1 amide bonds. The van der Waals surface area contributed by atoms with E-state index in [1.165, 1.54) is 30.5 Å². The van der Waals surface area contributed by atoms with Gasteiger partial charge in [-0.2, -0.15) is 0 Å². The van der Waals surface area contributed by atoms with Crippen molar-refractivity contribution in [1.82, 2.24) is 15.3 Å². The van der Waals surface area contributed by atoms with Crippen LogP contribution < -0.4 is 15.5 Å². The number of carbonyl (C=O) groups is 1. The van der Waals surface area contributed by atoms with Gasteiger partial charge in [0, 0.05) is 56.8 Å². The van der Waals surface area contributed by atoms with E-state index >= 15 is 0 Å². The molecule has 1 aromatic heterocycles. The lowest BCUT2D eigenvalue weighted by molar-refractivity contribution is -0.384. The molecule has 2 saturated heterocycles. The first-order valence-electron chi connectivity index (χ1n) is 12.1. The van der Waals surface area contributed by atoms with Crippen molar-refractivity contribution in [3.63, 3.8) is 0 Å². The van der Waals surface area contributed by atoms with Gasteiger partial charge >= 0.3 is 0 Å². The lowest BCUT2D eigenvalue weighted by Crippen LogP contribution is -2.44. The Bertz CT molecular complexity index is 1100. The fourth-order valence-electron chi connectivity index (χ4n) is 4.99. The molecule has 1 atom stereocenters. The molecule has 1 unspecified atom stereocenters. The number of non-ortho nitro benzene ring substituents is 1. The molecule has 9 nitrogen and oxygen atoms in total. The zero-order valence-electron chi connectivity index (χ0n) is 19.8. The van der Waals surface area contributed by atoms with Crippen molar-refractivity contribution in [1.29, 1.82) is 0 Å². The maximum absolute atomic E-state index is 14.1. The van der Waals surface area contributed by atoms with E-state index in [4.69, 9.17) is 11.6 Å². The Morgan fingerprint density at radius 2 is 2.06 bits per heavy atom. The van der Waals surface area contributed by atoms with Crippen molar-refractivity contribution >= 4 is 34.7 Å². The molecule has 0 saturated carbocycles. The molecule has 2 aliphatic heterocycles. The van der Waals surface area contributed by atoms with Crippen molar-refractivity contribution in [3.05, 3.63) is 51.4 Å². The van der Waals surface area contributed by atoms with Crippen LogP contribution in [0.5, 0.6) is 0 Å². The highest BCUT2D eigenvalue weighted by atomic mass is 35.5. The van der Waals surface area contributed by atoms with Crippen molar-refractivity contribution in [2.45, 2.75) is 44.4 Å². The van der Waals surface area contributed by atoms with Crippen LogP contribution in [-0.4, -0.2) is 52.9 Å². The van der Waals surface area contributed by atoms with Gasteiger partial charge in [-0.25, -0.2) is 18.7 Å². The number of alkyl halides is 2. The van der Waals surface area contributed by atoms with E-state index in [2.05, 4.69) is 20.6 Å². The van der Waals surface area contributed by atoms with Crippen LogP contribution in [0.3, 0.4) is 0 Å². The molecule has 1 aromatic carbocycles. The summed E-state index contributed by atoms with van der Waals surface area (Å²) in [4.78, 5) is 33.6. The Morgan fingerprint density at radius 3 is 2.75 bits per heavy atom. The van der Waals surface area contributed by atoms with Gasteiger partial charge in [-0.1, -0.05) is 12.8 Å². The summed E-state index contributed by atoms with van der Waals surface area (Å²) in [5.74, 6) is -3.04. The Kier molecular flexibility index (Phi) is 8.30. The average molecular weight is 523 g/mol. The Balaban J connectivity index is 1.38. The highest BCUT2D eigenvalue weighted by Gasteiger charge is 2.40. The Labute approximate surface area is 212 Å². The third-order valence-corrected chi connectivity index (χ3v) is 7.23. The van der Waals surface area contributed by atoms with Crippen LogP contribution in [0.4, 0.5) is 26.0 Å². The summed E-state index contributed by atoms with van der Waals surface area (Å²) in [6.07, 6.45) is 5.09. The van der Waals surface area contributed by atoms with E-state index in [-0.39, 0.29) is 23.2 Å². The molecule has 0 bridgehead atoms. The maximum atomic E-state index is 14.1. The third-order valence-electron chi connectivity index (χ3n) is 7.05. The van der Waals surface area contributed by atoms with E-state index in [1.807, 2.05) is 4.90 Å². The second-order valence-electron chi connectivity index (χ2n) is 9.40. The standard InChI is InChI=1S/C24H29ClF2N6O3/c25-23-29-10-6-21(31-23)30-22(34)19-5-4-18(33(35)36)14-20(19)32-12-7-16(8-13-32)2-1-3-17-15-28-11-9-24(17,26)27/h4-6,10,14,16-17,28H,1-3,7-9,11-13,15H2,(H,29,30,31,34). The largest absolute Gasteiger partial charge is 0.371 e. The van der Waals surface area contributed by atoms with E-state index < -0.39 is 22.7 Å². The monoisotopic (exact) mass is 522 g/mol. The number of amides is 1. The summed E-state index contributed by atoms with van der Waals surface area (Å²) in [5, 5.41) is 17.1. The van der Waals surface area contributed by atoms with Gasteiger partial charge in [0.15, 0.2) is 0 Å². The van der Waals surface area contributed by atoms with Gasteiger partial charge in [0.1, 0.15) is 5.82 Å². The topological polar surface area (TPSA) is 113 Å². The summed E-state index contributed by atoms with van der Waals surface area (Å²) in [6, 6.07) is 5.66. The van der Waals surface area contributed by atoms with Crippen molar-refractivity contribution in [2.75, 3.05) is 36.4 Å². The van der Waals surface area contributed by atoms with Crippen LogP contribution >= 0.6 is 11.6 Å². The Hall–Kier alpha value is -2.92.